The summed E-state index contributed by atoms with van der Waals surface area (Å²) < 4.78 is 0. The SMILES string of the molecule is CSCC[C@H](NC(=O)[C@@H]1CCCN1C(=O)[C@H](CS)NC(=O)[C@@H]1CCCN1C(=O)[C@H](CCCN=C(N)N)NC(=O)CNC(=O)[C@H](CC(C)C)NC(=O)[C@H](CS)NC(=O)CN)C(=O)N[C@@H](C)C(=O)N[C@@H](Cc1ccc(O)cc1)C(=O)N[C@@H](CS)C(=O)N[C@@H](CO)C(=O)O. The Bertz CT molecular complexity index is 2730. The molecule has 32 nitrogen and oxygen atoms in total. The van der Waals surface area contributed by atoms with Crippen molar-refractivity contribution in [3.05, 3.63) is 29.8 Å². The normalized spacial score (nSPS) is 17.4. The Morgan fingerprint density at radius 2 is 1.11 bits per heavy atom. The highest BCUT2D eigenvalue weighted by molar-refractivity contribution is 7.98. The van der Waals surface area contributed by atoms with Crippen molar-refractivity contribution >= 4 is 132 Å². The molecule has 12 amide bonds. The number of aromatic hydroxyl groups is 1. The van der Waals surface area contributed by atoms with E-state index in [0.717, 1.165) is 0 Å². The number of benzene rings is 1. The van der Waals surface area contributed by atoms with Gasteiger partial charge in [0.2, 0.25) is 70.9 Å². The fraction of sp³-hybridized carbons (Fsp3) is 0.636. The number of phenolic OH excluding ortho intramolecular Hbond substituents is 1. The molecule has 0 radical (unpaired) electrons. The molecule has 0 aromatic heterocycles. The van der Waals surface area contributed by atoms with Gasteiger partial charge >= 0.3 is 5.97 Å². The number of carbonyl (C=O) groups excluding carboxylic acids is 12. The molecular formula is C55H88N16O16S4. The number of nitrogens with one attached hydrogen (secondary N) is 10. The van der Waals surface area contributed by atoms with Crippen molar-refractivity contribution in [1.82, 2.24) is 63.0 Å². The molecule has 0 aliphatic carbocycles. The van der Waals surface area contributed by atoms with Crippen LogP contribution in [-0.2, 0) is 68.7 Å². The summed E-state index contributed by atoms with van der Waals surface area (Å²) in [5.41, 5.74) is 16.8. The number of aliphatic carboxylic acids is 1. The van der Waals surface area contributed by atoms with E-state index < -0.39 is 156 Å². The maximum atomic E-state index is 14.4. The number of hydrogen-bond acceptors (Lipinski definition) is 21. The molecule has 508 valence electrons. The van der Waals surface area contributed by atoms with Crippen LogP contribution in [0, 0.1) is 5.92 Å². The number of nitrogens with two attached hydrogens (primary N) is 3. The topological polar surface area (TPSA) is 500 Å². The molecule has 2 aliphatic heterocycles. The van der Waals surface area contributed by atoms with Crippen LogP contribution in [-0.4, -0.2) is 243 Å². The third-order valence-electron chi connectivity index (χ3n) is 14.5. The number of carboxylic acid groups (broad SMARTS) is 1. The lowest BCUT2D eigenvalue weighted by Gasteiger charge is -2.32. The number of amides is 12. The summed E-state index contributed by atoms with van der Waals surface area (Å²) in [5.74, 6) is -11.5. The van der Waals surface area contributed by atoms with Gasteiger partial charge in [0.05, 0.1) is 19.7 Å². The Kier molecular flexibility index (Phi) is 34.2. The molecule has 91 heavy (non-hydrogen) atoms. The summed E-state index contributed by atoms with van der Waals surface area (Å²) in [6.07, 6.45) is 2.98. The number of thiol groups is 3. The monoisotopic (exact) mass is 1360 g/mol. The minimum absolute atomic E-state index is 0.0181. The van der Waals surface area contributed by atoms with E-state index in [2.05, 4.69) is 96.0 Å². The van der Waals surface area contributed by atoms with Crippen molar-refractivity contribution in [3.63, 3.8) is 0 Å². The number of guanidine groups is 1. The van der Waals surface area contributed by atoms with Crippen LogP contribution in [0.5, 0.6) is 5.75 Å². The Balaban J connectivity index is 1.74. The molecule has 3 rings (SSSR count). The van der Waals surface area contributed by atoms with Crippen molar-refractivity contribution in [2.24, 2.45) is 28.1 Å². The molecule has 0 saturated carbocycles. The number of rotatable bonds is 38. The quantitative estimate of drug-likeness (QED) is 0.0127. The average Bonchev–Trinajstić information content (AvgIpc) is 1.79. The second-order valence-electron chi connectivity index (χ2n) is 21.9. The molecule has 2 fully saturated rings. The van der Waals surface area contributed by atoms with Gasteiger partial charge < -0.3 is 95.5 Å². The smallest absolute Gasteiger partial charge is 0.328 e. The predicted molar refractivity (Wildman–Crippen MR) is 345 cm³/mol. The number of aliphatic hydroxyl groups excluding tert-OH is 1. The maximum Gasteiger partial charge on any atom is 0.328 e. The Hall–Kier alpha value is -7.28. The zero-order valence-electron chi connectivity index (χ0n) is 51.1. The van der Waals surface area contributed by atoms with E-state index in [1.165, 1.54) is 52.8 Å². The number of aliphatic imine (C=N–C) groups is 1. The molecule has 36 heteroatoms. The molecule has 2 aliphatic rings. The zero-order chi connectivity index (χ0) is 68.1. The van der Waals surface area contributed by atoms with E-state index >= 15 is 0 Å². The number of thioether (sulfide) groups is 1. The van der Waals surface area contributed by atoms with Crippen LogP contribution in [0.15, 0.2) is 29.3 Å². The number of aliphatic hydroxyl groups is 1. The van der Waals surface area contributed by atoms with Crippen LogP contribution in [0.3, 0.4) is 0 Å². The van der Waals surface area contributed by atoms with E-state index in [4.69, 9.17) is 17.2 Å². The Labute approximate surface area is 547 Å². The summed E-state index contributed by atoms with van der Waals surface area (Å²) in [7, 11) is 0. The van der Waals surface area contributed by atoms with E-state index in [9.17, 15) is 77.6 Å². The molecule has 0 bridgehead atoms. The lowest BCUT2D eigenvalue weighted by molar-refractivity contribution is -0.144. The van der Waals surface area contributed by atoms with Crippen LogP contribution < -0.4 is 70.4 Å². The van der Waals surface area contributed by atoms with Gasteiger partial charge in [-0.3, -0.25) is 62.5 Å². The summed E-state index contributed by atoms with van der Waals surface area (Å²) in [4.78, 5) is 181. The van der Waals surface area contributed by atoms with Crippen LogP contribution in [0.1, 0.15) is 77.7 Å². The molecule has 19 N–H and O–H groups in total. The van der Waals surface area contributed by atoms with Gasteiger partial charge in [-0.15, -0.1) is 0 Å². The van der Waals surface area contributed by atoms with Gasteiger partial charge in [-0.1, -0.05) is 26.0 Å². The van der Waals surface area contributed by atoms with Crippen LogP contribution >= 0.6 is 49.6 Å². The molecule has 2 heterocycles. The van der Waals surface area contributed by atoms with Crippen molar-refractivity contribution in [1.29, 1.82) is 0 Å². The summed E-state index contributed by atoms with van der Waals surface area (Å²) in [5, 5.41) is 53.7. The molecule has 0 unspecified atom stereocenters. The third-order valence-corrected chi connectivity index (χ3v) is 16.2. The van der Waals surface area contributed by atoms with Gasteiger partial charge in [-0.25, -0.2) is 4.79 Å². The van der Waals surface area contributed by atoms with E-state index in [0.29, 0.717) is 24.2 Å². The van der Waals surface area contributed by atoms with Crippen molar-refractivity contribution in [3.8, 4) is 5.75 Å². The highest BCUT2D eigenvalue weighted by Gasteiger charge is 2.43. The lowest BCUT2D eigenvalue weighted by Crippen LogP contribution is -2.60. The van der Waals surface area contributed by atoms with Crippen LogP contribution in [0.4, 0.5) is 0 Å². The van der Waals surface area contributed by atoms with E-state index in [1.54, 1.807) is 20.1 Å². The van der Waals surface area contributed by atoms with Gasteiger partial charge in [0, 0.05) is 43.3 Å². The number of nitrogens with zero attached hydrogens (tertiary/aromatic N) is 3. The van der Waals surface area contributed by atoms with Gasteiger partial charge in [-0.2, -0.15) is 49.6 Å². The fourth-order valence-electron chi connectivity index (χ4n) is 9.63. The van der Waals surface area contributed by atoms with Gasteiger partial charge in [0.15, 0.2) is 5.96 Å². The average molecular weight is 1360 g/mol. The Morgan fingerprint density at radius 1 is 0.615 bits per heavy atom. The molecular weight excluding hydrogens is 1270 g/mol. The first-order valence-corrected chi connectivity index (χ1v) is 32.7. The zero-order valence-corrected chi connectivity index (χ0v) is 54.6. The maximum absolute atomic E-state index is 14.4. The first-order chi connectivity index (χ1) is 43.1. The van der Waals surface area contributed by atoms with Gasteiger partial charge in [0.25, 0.3) is 0 Å². The molecule has 2 saturated heterocycles. The van der Waals surface area contributed by atoms with Crippen molar-refractivity contribution in [2.45, 2.75) is 145 Å². The summed E-state index contributed by atoms with van der Waals surface area (Å²) in [6.45, 7) is 3.17. The number of likely N-dealkylation sites (tertiary alicyclic amines) is 2. The summed E-state index contributed by atoms with van der Waals surface area (Å²) in [6, 6.07) is -8.63. The number of carboxylic acids is 1. The molecule has 11 atom stereocenters. The van der Waals surface area contributed by atoms with Crippen LogP contribution in [0.2, 0.25) is 0 Å². The first kappa shape index (κ1) is 78.0. The molecule has 1 aromatic rings. The summed E-state index contributed by atoms with van der Waals surface area (Å²) >= 11 is 13.9. The van der Waals surface area contributed by atoms with Gasteiger partial charge in [0.1, 0.15) is 72.2 Å². The van der Waals surface area contributed by atoms with Crippen LogP contribution in [0.25, 0.3) is 0 Å². The number of hydrogen-bond donors (Lipinski definition) is 19. The standard InChI is InChI=1S/C55H88N16O16S4/c1-28(2)20-34(66-48(80)37(25-88)63-42(74)22-56)45(77)60-23-43(75)62-33(8-5-16-59-55(57)58)52(84)70-17-6-10-41(70)51(83)69-39(27-90)53(85)71-18-7-9-40(71)50(82)64-32(15-19-91-4)46(78)61-29(3)44(76)65-35(21-30-11-13-31(73)14-12-30)47(79)68-38(26-89)49(81)67-36(24-72)54(86)87/h11-14,28-29,32-41,72-73,88-90H,5-10,15-27,56H2,1-4H3,(H,60,77)(H,61,78)(H,62,75)(H,63,74)(H,64,82)(H,65,76)(H,66,80)(H,67,81)(H,68,79)(H,69,83)(H,86,87)(H4,57,58,59)/t29-,32-,33-,34-,35-,36-,37-,38-,39-,40-,41-/m0/s1. The minimum atomic E-state index is -1.69. The second kappa shape index (κ2) is 39.9. The fourth-order valence-corrected chi connectivity index (χ4v) is 10.9. The molecule has 1 aromatic carbocycles. The first-order valence-electron chi connectivity index (χ1n) is 29.4. The molecule has 0 spiro atoms. The van der Waals surface area contributed by atoms with Crippen molar-refractivity contribution < 1.29 is 77.6 Å². The Morgan fingerprint density at radius 3 is 1.63 bits per heavy atom. The second-order valence-corrected chi connectivity index (χ2v) is 24.0. The largest absolute Gasteiger partial charge is 0.508 e. The van der Waals surface area contributed by atoms with E-state index in [1.807, 2.05) is 0 Å². The highest BCUT2D eigenvalue weighted by atomic mass is 32.2. The van der Waals surface area contributed by atoms with Crippen molar-refractivity contribution in [2.75, 3.05) is 68.6 Å². The predicted octanol–water partition coefficient (Wildman–Crippen LogP) is -5.91. The number of carbonyl (C=O) groups is 13. The number of phenols is 1. The van der Waals surface area contributed by atoms with E-state index in [-0.39, 0.29) is 106 Å². The lowest BCUT2D eigenvalue weighted by atomic mass is 10.0. The third kappa shape index (κ3) is 25.7. The minimum Gasteiger partial charge on any atom is -0.508 e. The highest BCUT2D eigenvalue weighted by Crippen LogP contribution is 2.23. The van der Waals surface area contributed by atoms with Gasteiger partial charge in [-0.05, 0) is 93.9 Å².